The number of amides is 3. The molecule has 164 valence electrons. The van der Waals surface area contributed by atoms with E-state index in [0.29, 0.717) is 30.1 Å². The maximum absolute atomic E-state index is 12.8. The first-order valence-electron chi connectivity index (χ1n) is 10.0. The molecule has 0 radical (unpaired) electrons. The summed E-state index contributed by atoms with van der Waals surface area (Å²) in [7, 11) is 1.57. The zero-order valence-corrected chi connectivity index (χ0v) is 17.9. The van der Waals surface area contributed by atoms with E-state index in [0.717, 1.165) is 5.56 Å². The first-order chi connectivity index (χ1) is 14.4. The minimum Gasteiger partial charge on any atom is -0.497 e. The SMILES string of the molecule is CCNC(=O)CN(CC)CC1=C(C(=O)OCC)[C@H](c2ccc(OC)cc2)NC(=O)N1. The standard InChI is InChI=1S/C21H30N4O5/c1-5-22-17(26)13-25(6-2)12-16-18(20(27)30-7-3)19(24-21(28)23-16)14-8-10-15(29-4)11-9-14/h8-11,19H,5-7,12-13H2,1-4H3,(H,22,26)(H2,23,24,28)/t19-/m0/s1. The fourth-order valence-electron chi connectivity index (χ4n) is 3.20. The first-order valence-corrected chi connectivity index (χ1v) is 10.0. The summed E-state index contributed by atoms with van der Waals surface area (Å²) in [5.41, 5.74) is 1.46. The van der Waals surface area contributed by atoms with Crippen molar-refractivity contribution in [1.82, 2.24) is 20.9 Å². The van der Waals surface area contributed by atoms with Crippen LogP contribution in [0, 0.1) is 0 Å². The van der Waals surface area contributed by atoms with Gasteiger partial charge in [0.15, 0.2) is 0 Å². The van der Waals surface area contributed by atoms with Gasteiger partial charge in [-0.3, -0.25) is 9.69 Å². The molecule has 0 aromatic heterocycles. The van der Waals surface area contributed by atoms with E-state index in [9.17, 15) is 14.4 Å². The van der Waals surface area contributed by atoms with Gasteiger partial charge in [0.1, 0.15) is 5.75 Å². The fraction of sp³-hybridized carbons (Fsp3) is 0.476. The Kier molecular flexibility index (Phi) is 8.67. The smallest absolute Gasteiger partial charge is 0.338 e. The van der Waals surface area contributed by atoms with Crippen LogP contribution in [0.1, 0.15) is 32.4 Å². The monoisotopic (exact) mass is 418 g/mol. The Bertz CT molecular complexity index is 791. The highest BCUT2D eigenvalue weighted by atomic mass is 16.5. The van der Waals surface area contributed by atoms with Gasteiger partial charge in [-0.15, -0.1) is 0 Å². The quantitative estimate of drug-likeness (QED) is 0.495. The number of rotatable bonds is 10. The van der Waals surface area contributed by atoms with Crippen molar-refractivity contribution in [2.75, 3.05) is 39.9 Å². The lowest BCUT2D eigenvalue weighted by molar-refractivity contribution is -0.139. The number of methoxy groups -OCH3 is 1. The number of ether oxygens (including phenoxy) is 2. The molecule has 0 fully saturated rings. The summed E-state index contributed by atoms with van der Waals surface area (Å²) >= 11 is 0. The zero-order chi connectivity index (χ0) is 22.1. The molecule has 1 heterocycles. The summed E-state index contributed by atoms with van der Waals surface area (Å²) < 4.78 is 10.5. The fourth-order valence-corrected chi connectivity index (χ4v) is 3.20. The maximum Gasteiger partial charge on any atom is 0.338 e. The van der Waals surface area contributed by atoms with Crippen LogP contribution in [0.2, 0.25) is 0 Å². The second-order valence-corrected chi connectivity index (χ2v) is 6.67. The molecule has 0 aliphatic carbocycles. The summed E-state index contributed by atoms with van der Waals surface area (Å²) in [4.78, 5) is 39.0. The van der Waals surface area contributed by atoms with E-state index in [1.165, 1.54) is 0 Å². The van der Waals surface area contributed by atoms with Gasteiger partial charge in [-0.25, -0.2) is 9.59 Å². The maximum atomic E-state index is 12.8. The Morgan fingerprint density at radius 1 is 1.17 bits per heavy atom. The van der Waals surface area contributed by atoms with Crippen molar-refractivity contribution in [3.63, 3.8) is 0 Å². The van der Waals surface area contributed by atoms with Crippen LogP contribution in [0.25, 0.3) is 0 Å². The van der Waals surface area contributed by atoms with Crippen LogP contribution in [-0.2, 0) is 14.3 Å². The van der Waals surface area contributed by atoms with Crippen molar-refractivity contribution in [3.8, 4) is 5.75 Å². The summed E-state index contributed by atoms with van der Waals surface area (Å²) in [6, 6.07) is 6.00. The molecule has 1 atom stereocenters. The molecule has 0 saturated carbocycles. The summed E-state index contributed by atoms with van der Waals surface area (Å²) in [6.07, 6.45) is 0. The largest absolute Gasteiger partial charge is 0.497 e. The number of likely N-dealkylation sites (N-methyl/N-ethyl adjacent to an activating group) is 2. The number of nitrogens with zero attached hydrogens (tertiary/aromatic N) is 1. The second-order valence-electron chi connectivity index (χ2n) is 6.67. The highest BCUT2D eigenvalue weighted by Crippen LogP contribution is 2.29. The highest BCUT2D eigenvalue weighted by Gasteiger charge is 2.34. The van der Waals surface area contributed by atoms with Crippen LogP contribution in [0.3, 0.4) is 0 Å². The Labute approximate surface area is 176 Å². The molecule has 1 aromatic carbocycles. The molecule has 3 N–H and O–H groups in total. The highest BCUT2D eigenvalue weighted by molar-refractivity contribution is 5.95. The molecule has 1 aliphatic rings. The van der Waals surface area contributed by atoms with Gasteiger partial charge < -0.3 is 25.4 Å². The molecule has 9 heteroatoms. The molecule has 1 aliphatic heterocycles. The average molecular weight is 418 g/mol. The van der Waals surface area contributed by atoms with E-state index in [-0.39, 0.29) is 25.6 Å². The van der Waals surface area contributed by atoms with E-state index < -0.39 is 18.0 Å². The second kappa shape index (κ2) is 11.2. The van der Waals surface area contributed by atoms with E-state index in [2.05, 4.69) is 16.0 Å². The van der Waals surface area contributed by atoms with Gasteiger partial charge >= 0.3 is 12.0 Å². The Morgan fingerprint density at radius 3 is 2.43 bits per heavy atom. The molecule has 1 aromatic rings. The molecule has 30 heavy (non-hydrogen) atoms. The first kappa shape index (κ1) is 23.2. The van der Waals surface area contributed by atoms with Gasteiger partial charge in [0.05, 0.1) is 31.9 Å². The lowest BCUT2D eigenvalue weighted by Crippen LogP contribution is -2.49. The third kappa shape index (κ3) is 5.96. The molecule has 9 nitrogen and oxygen atoms in total. The van der Waals surface area contributed by atoms with Crippen LogP contribution < -0.4 is 20.7 Å². The minimum atomic E-state index is -0.679. The van der Waals surface area contributed by atoms with Crippen molar-refractivity contribution >= 4 is 17.9 Å². The predicted molar refractivity (Wildman–Crippen MR) is 112 cm³/mol. The number of carbonyl (C=O) groups is 3. The predicted octanol–water partition coefficient (Wildman–Crippen LogP) is 1.32. The molecule has 0 saturated heterocycles. The average Bonchev–Trinajstić information content (AvgIpc) is 2.73. The van der Waals surface area contributed by atoms with E-state index in [4.69, 9.17) is 9.47 Å². The summed E-state index contributed by atoms with van der Waals surface area (Å²) in [6.45, 7) is 7.16. The van der Waals surface area contributed by atoms with Crippen molar-refractivity contribution < 1.29 is 23.9 Å². The van der Waals surface area contributed by atoms with Gasteiger partial charge in [-0.2, -0.15) is 0 Å². The van der Waals surface area contributed by atoms with E-state index >= 15 is 0 Å². The number of nitrogens with one attached hydrogen (secondary N) is 3. The number of carbonyl (C=O) groups excluding carboxylic acids is 3. The van der Waals surface area contributed by atoms with Crippen molar-refractivity contribution in [2.24, 2.45) is 0 Å². The Hall–Kier alpha value is -3.07. The lowest BCUT2D eigenvalue weighted by Gasteiger charge is -2.31. The molecule has 0 spiro atoms. The van der Waals surface area contributed by atoms with Crippen molar-refractivity contribution in [2.45, 2.75) is 26.8 Å². The van der Waals surface area contributed by atoms with Crippen LogP contribution in [-0.4, -0.2) is 62.7 Å². The van der Waals surface area contributed by atoms with Gasteiger partial charge in [-0.05, 0) is 38.1 Å². The van der Waals surface area contributed by atoms with Gasteiger partial charge in [0, 0.05) is 18.8 Å². The normalized spacial score (nSPS) is 16.0. The molecule has 3 amide bonds. The van der Waals surface area contributed by atoms with Crippen LogP contribution in [0.15, 0.2) is 35.5 Å². The number of benzene rings is 1. The van der Waals surface area contributed by atoms with E-state index in [1.807, 2.05) is 18.7 Å². The molecular formula is C21H30N4O5. The molecule has 0 unspecified atom stereocenters. The Balaban J connectivity index is 2.41. The number of hydrogen-bond acceptors (Lipinski definition) is 6. The molecule has 0 bridgehead atoms. The van der Waals surface area contributed by atoms with Crippen LogP contribution in [0.4, 0.5) is 4.79 Å². The molecule has 2 rings (SSSR count). The van der Waals surface area contributed by atoms with Crippen molar-refractivity contribution in [1.29, 1.82) is 0 Å². The van der Waals surface area contributed by atoms with Crippen LogP contribution >= 0.6 is 0 Å². The third-order valence-corrected chi connectivity index (χ3v) is 4.67. The van der Waals surface area contributed by atoms with Crippen LogP contribution in [0.5, 0.6) is 5.75 Å². The molecular weight excluding hydrogens is 388 g/mol. The lowest BCUT2D eigenvalue weighted by atomic mass is 9.95. The van der Waals surface area contributed by atoms with Crippen molar-refractivity contribution in [3.05, 3.63) is 41.1 Å². The van der Waals surface area contributed by atoms with E-state index in [1.54, 1.807) is 38.3 Å². The third-order valence-electron chi connectivity index (χ3n) is 4.67. The minimum absolute atomic E-state index is 0.121. The number of urea groups is 1. The summed E-state index contributed by atoms with van der Waals surface area (Å²) in [5.74, 6) is 0.0273. The van der Waals surface area contributed by atoms with Gasteiger partial charge in [0.2, 0.25) is 5.91 Å². The van der Waals surface area contributed by atoms with Gasteiger partial charge in [0.25, 0.3) is 0 Å². The zero-order valence-electron chi connectivity index (χ0n) is 17.9. The summed E-state index contributed by atoms with van der Waals surface area (Å²) in [5, 5.41) is 8.28. The number of hydrogen-bond donors (Lipinski definition) is 3. The number of esters is 1. The Morgan fingerprint density at radius 2 is 1.87 bits per heavy atom. The van der Waals surface area contributed by atoms with Gasteiger partial charge in [-0.1, -0.05) is 19.1 Å². The topological polar surface area (TPSA) is 109 Å².